The molecule has 0 radical (unpaired) electrons. The zero-order valence-corrected chi connectivity index (χ0v) is 6.10. The summed E-state index contributed by atoms with van der Waals surface area (Å²) in [6.07, 6.45) is 0.438. The Labute approximate surface area is 55.4 Å². The van der Waals surface area contributed by atoms with Crippen molar-refractivity contribution in [2.45, 2.75) is 19.4 Å². The molecule has 3 nitrogen and oxygen atoms in total. The minimum Gasteiger partial charge on any atom is -0.469 e. The summed E-state index contributed by atoms with van der Waals surface area (Å²) < 4.78 is 4.44. The molecule has 1 N–H and O–H groups in total. The maximum absolute atomic E-state index is 10.5. The molecular formula is C6H13NO2. The average Bonchev–Trinajstić information content (AvgIpc) is 1.87. The van der Waals surface area contributed by atoms with Crippen LogP contribution in [0, 0.1) is 0 Å². The van der Waals surface area contributed by atoms with Crippen LogP contribution in [0.1, 0.15) is 13.3 Å². The Hall–Kier alpha value is -0.570. The van der Waals surface area contributed by atoms with Gasteiger partial charge in [0.2, 0.25) is 0 Å². The molecule has 0 unspecified atom stereocenters. The number of carbonyl (C=O) groups is 1. The quantitative estimate of drug-likeness (QED) is 0.554. The Balaban J connectivity index is 3.34. The largest absolute Gasteiger partial charge is 0.469 e. The van der Waals surface area contributed by atoms with E-state index in [-0.39, 0.29) is 12.0 Å². The van der Waals surface area contributed by atoms with Crippen molar-refractivity contribution in [2.24, 2.45) is 0 Å². The second kappa shape index (κ2) is 4.32. The van der Waals surface area contributed by atoms with E-state index in [1.54, 1.807) is 0 Å². The first-order chi connectivity index (χ1) is 4.20. The van der Waals surface area contributed by atoms with Crippen LogP contribution >= 0.6 is 0 Å². The summed E-state index contributed by atoms with van der Waals surface area (Å²) in [5, 5.41) is 2.93. The van der Waals surface area contributed by atoms with Gasteiger partial charge in [-0.15, -0.1) is 0 Å². The summed E-state index contributed by atoms with van der Waals surface area (Å²) in [4.78, 5) is 10.5. The molecule has 0 fully saturated rings. The highest BCUT2D eigenvalue weighted by Crippen LogP contribution is 1.90. The van der Waals surface area contributed by atoms with Crippen LogP contribution in [0.25, 0.3) is 0 Å². The Bertz CT molecular complexity index is 93.1. The van der Waals surface area contributed by atoms with Gasteiger partial charge in [0.15, 0.2) is 0 Å². The second-order valence-electron chi connectivity index (χ2n) is 1.97. The molecule has 0 saturated heterocycles. The van der Waals surface area contributed by atoms with E-state index in [4.69, 9.17) is 0 Å². The maximum atomic E-state index is 10.5. The predicted molar refractivity (Wildman–Crippen MR) is 35.2 cm³/mol. The lowest BCUT2D eigenvalue weighted by Crippen LogP contribution is -2.24. The standard InChI is InChI=1S/C6H13NO2/c1-5(7-2)4-6(8)9-3/h5,7H,4H2,1-3H3/t5-/m0/s1. The third-order valence-electron chi connectivity index (χ3n) is 1.19. The lowest BCUT2D eigenvalue weighted by atomic mass is 10.2. The molecule has 54 valence electrons. The van der Waals surface area contributed by atoms with Gasteiger partial charge >= 0.3 is 5.97 Å². The van der Waals surface area contributed by atoms with Crippen LogP contribution in [-0.4, -0.2) is 26.2 Å². The highest BCUT2D eigenvalue weighted by molar-refractivity contribution is 5.69. The molecule has 0 aromatic rings. The number of hydrogen-bond donors (Lipinski definition) is 1. The number of ether oxygens (including phenoxy) is 1. The van der Waals surface area contributed by atoms with Crippen LogP contribution < -0.4 is 5.32 Å². The molecule has 0 bridgehead atoms. The van der Waals surface area contributed by atoms with Gasteiger partial charge in [0.25, 0.3) is 0 Å². The van der Waals surface area contributed by atoms with Crippen molar-refractivity contribution < 1.29 is 9.53 Å². The van der Waals surface area contributed by atoms with Crippen LogP contribution in [0.4, 0.5) is 0 Å². The Kier molecular flexibility index (Phi) is 4.05. The van der Waals surface area contributed by atoms with Gasteiger partial charge in [-0.25, -0.2) is 0 Å². The van der Waals surface area contributed by atoms with E-state index >= 15 is 0 Å². The lowest BCUT2D eigenvalue weighted by molar-refractivity contribution is -0.141. The predicted octanol–water partition coefficient (Wildman–Crippen LogP) is 0.157. The zero-order chi connectivity index (χ0) is 7.28. The Morgan fingerprint density at radius 1 is 1.78 bits per heavy atom. The van der Waals surface area contributed by atoms with Gasteiger partial charge in [0.1, 0.15) is 0 Å². The van der Waals surface area contributed by atoms with Crippen LogP contribution in [0.3, 0.4) is 0 Å². The van der Waals surface area contributed by atoms with Crippen LogP contribution in [-0.2, 0) is 9.53 Å². The van der Waals surface area contributed by atoms with E-state index in [2.05, 4.69) is 10.1 Å². The van der Waals surface area contributed by atoms with Gasteiger partial charge in [-0.1, -0.05) is 0 Å². The molecule has 0 spiro atoms. The molecule has 3 heteroatoms. The first-order valence-corrected chi connectivity index (χ1v) is 2.94. The molecule has 0 rings (SSSR count). The average molecular weight is 131 g/mol. The highest BCUT2D eigenvalue weighted by Gasteiger charge is 2.04. The Morgan fingerprint density at radius 3 is 2.67 bits per heavy atom. The molecular weight excluding hydrogens is 118 g/mol. The first-order valence-electron chi connectivity index (χ1n) is 2.94. The number of esters is 1. The van der Waals surface area contributed by atoms with E-state index in [1.807, 2.05) is 14.0 Å². The minimum atomic E-state index is -0.170. The molecule has 0 saturated carbocycles. The van der Waals surface area contributed by atoms with Crippen molar-refractivity contribution in [3.8, 4) is 0 Å². The fraction of sp³-hybridized carbons (Fsp3) is 0.833. The van der Waals surface area contributed by atoms with E-state index in [0.717, 1.165) is 0 Å². The molecule has 0 aliphatic carbocycles. The smallest absolute Gasteiger partial charge is 0.307 e. The summed E-state index contributed by atoms with van der Waals surface area (Å²) in [5.74, 6) is -0.170. The first kappa shape index (κ1) is 8.43. The topological polar surface area (TPSA) is 38.3 Å². The van der Waals surface area contributed by atoms with Crippen LogP contribution in [0.2, 0.25) is 0 Å². The number of nitrogens with one attached hydrogen (secondary N) is 1. The normalized spacial score (nSPS) is 12.8. The van der Waals surface area contributed by atoms with E-state index in [1.165, 1.54) is 7.11 Å². The molecule has 1 atom stereocenters. The second-order valence-corrected chi connectivity index (χ2v) is 1.97. The molecule has 0 aliphatic rings. The molecule has 0 aromatic heterocycles. The van der Waals surface area contributed by atoms with Crippen molar-refractivity contribution >= 4 is 5.97 Å². The fourth-order valence-electron chi connectivity index (χ4n) is 0.435. The van der Waals surface area contributed by atoms with E-state index in [9.17, 15) is 4.79 Å². The van der Waals surface area contributed by atoms with Gasteiger partial charge in [-0.05, 0) is 14.0 Å². The fourth-order valence-corrected chi connectivity index (χ4v) is 0.435. The number of methoxy groups -OCH3 is 1. The summed E-state index contributed by atoms with van der Waals surface area (Å²) in [5.41, 5.74) is 0. The lowest BCUT2D eigenvalue weighted by Gasteiger charge is -2.06. The SMILES string of the molecule is CN[C@@H](C)CC(=O)OC. The summed E-state index contributed by atoms with van der Waals surface area (Å²) in [6.45, 7) is 1.93. The van der Waals surface area contributed by atoms with E-state index in [0.29, 0.717) is 6.42 Å². The van der Waals surface area contributed by atoms with Gasteiger partial charge in [0, 0.05) is 6.04 Å². The van der Waals surface area contributed by atoms with Crippen molar-refractivity contribution in [1.29, 1.82) is 0 Å². The Morgan fingerprint density at radius 2 is 2.33 bits per heavy atom. The van der Waals surface area contributed by atoms with Crippen molar-refractivity contribution in [3.05, 3.63) is 0 Å². The summed E-state index contributed by atoms with van der Waals surface area (Å²) >= 11 is 0. The molecule has 0 amide bonds. The van der Waals surface area contributed by atoms with Crippen LogP contribution in [0.15, 0.2) is 0 Å². The van der Waals surface area contributed by atoms with Gasteiger partial charge in [-0.3, -0.25) is 4.79 Å². The van der Waals surface area contributed by atoms with E-state index < -0.39 is 0 Å². The zero-order valence-electron chi connectivity index (χ0n) is 6.10. The molecule has 0 heterocycles. The molecule has 9 heavy (non-hydrogen) atoms. The summed E-state index contributed by atoms with van der Waals surface area (Å²) in [6, 6.07) is 0.206. The third-order valence-corrected chi connectivity index (χ3v) is 1.19. The van der Waals surface area contributed by atoms with Crippen LogP contribution in [0.5, 0.6) is 0 Å². The maximum Gasteiger partial charge on any atom is 0.307 e. The van der Waals surface area contributed by atoms with Gasteiger partial charge in [0.05, 0.1) is 13.5 Å². The molecule has 0 aliphatic heterocycles. The highest BCUT2D eigenvalue weighted by atomic mass is 16.5. The van der Waals surface area contributed by atoms with Gasteiger partial charge in [-0.2, -0.15) is 0 Å². The summed E-state index contributed by atoms with van der Waals surface area (Å²) in [7, 11) is 3.21. The molecule has 0 aromatic carbocycles. The van der Waals surface area contributed by atoms with Gasteiger partial charge < -0.3 is 10.1 Å². The number of rotatable bonds is 3. The van der Waals surface area contributed by atoms with Crippen molar-refractivity contribution in [2.75, 3.05) is 14.2 Å². The minimum absolute atomic E-state index is 0.170. The number of hydrogen-bond acceptors (Lipinski definition) is 3. The monoisotopic (exact) mass is 131 g/mol. The van der Waals surface area contributed by atoms with Crippen molar-refractivity contribution in [3.63, 3.8) is 0 Å². The number of carbonyl (C=O) groups excluding carboxylic acids is 1. The van der Waals surface area contributed by atoms with Crippen molar-refractivity contribution in [1.82, 2.24) is 5.32 Å². The third kappa shape index (κ3) is 3.97.